The van der Waals surface area contributed by atoms with Crippen molar-refractivity contribution >= 4 is 0 Å². The van der Waals surface area contributed by atoms with Crippen LogP contribution >= 0.6 is 0 Å². The van der Waals surface area contributed by atoms with Crippen LogP contribution in [0.25, 0.3) is 0 Å². The second kappa shape index (κ2) is 20.8. The third-order valence-electron chi connectivity index (χ3n) is 2.94. The fourth-order valence-electron chi connectivity index (χ4n) is 1.91. The van der Waals surface area contributed by atoms with E-state index in [2.05, 4.69) is 43.0 Å². The van der Waals surface area contributed by atoms with Crippen LogP contribution in [0, 0.1) is 6.08 Å². The van der Waals surface area contributed by atoms with Gasteiger partial charge in [-0.1, -0.05) is 62.5 Å². The predicted molar refractivity (Wildman–Crippen MR) is 88.1 cm³/mol. The third kappa shape index (κ3) is 19.8. The van der Waals surface area contributed by atoms with E-state index in [0.717, 1.165) is 0 Å². The van der Waals surface area contributed by atoms with Gasteiger partial charge in [0.1, 0.15) is 0 Å². The zero-order valence-electron chi connectivity index (χ0n) is 13.1. The molecule has 2 rings (SSSR count). The Morgan fingerprint density at radius 1 is 0.850 bits per heavy atom. The van der Waals surface area contributed by atoms with Crippen molar-refractivity contribution in [1.29, 1.82) is 0 Å². The molecule has 0 aromatic carbocycles. The Hall–Kier alpha value is -0.534. The van der Waals surface area contributed by atoms with Crippen LogP contribution in [0.5, 0.6) is 0 Å². The Bertz CT molecular complexity index is 237. The normalized spacial score (nSPS) is 17.4. The van der Waals surface area contributed by atoms with Crippen LogP contribution < -0.4 is 0 Å². The van der Waals surface area contributed by atoms with E-state index in [4.69, 9.17) is 0 Å². The van der Waals surface area contributed by atoms with Crippen molar-refractivity contribution in [2.75, 3.05) is 0 Å². The molecule has 0 N–H and O–H groups in total. The molecule has 1 radical (unpaired) electrons. The van der Waals surface area contributed by atoms with Crippen molar-refractivity contribution in [3.63, 3.8) is 0 Å². The summed E-state index contributed by atoms with van der Waals surface area (Å²) in [6.45, 7) is 5.25. The van der Waals surface area contributed by atoms with Gasteiger partial charge < -0.3 is 6.08 Å². The maximum absolute atomic E-state index is 3.36. The van der Waals surface area contributed by atoms with E-state index in [1.165, 1.54) is 64.2 Å². The summed E-state index contributed by atoms with van der Waals surface area (Å²) in [5, 5.41) is 0. The van der Waals surface area contributed by atoms with E-state index in [-0.39, 0.29) is 16.8 Å². The van der Waals surface area contributed by atoms with Gasteiger partial charge in [-0.2, -0.15) is 6.42 Å². The van der Waals surface area contributed by atoms with Crippen LogP contribution in [0.4, 0.5) is 0 Å². The third-order valence-corrected chi connectivity index (χ3v) is 2.94. The summed E-state index contributed by atoms with van der Waals surface area (Å²) in [4.78, 5) is 0. The van der Waals surface area contributed by atoms with Crippen molar-refractivity contribution in [3.05, 3.63) is 49.1 Å². The van der Waals surface area contributed by atoms with Crippen LogP contribution in [0.3, 0.4) is 0 Å². The molecule has 2 aliphatic rings. The molecule has 0 saturated carbocycles. The zero-order valence-corrected chi connectivity index (χ0v) is 14.1. The van der Waals surface area contributed by atoms with Gasteiger partial charge in [-0.25, -0.2) is 0 Å². The Kier molecular flexibility index (Phi) is 22.6. The summed E-state index contributed by atoms with van der Waals surface area (Å²) in [6, 6.07) is 0. The topological polar surface area (TPSA) is 0 Å². The van der Waals surface area contributed by atoms with E-state index in [9.17, 15) is 0 Å². The average Bonchev–Trinajstić information content (AvgIpc) is 2.28. The standard InChI is InChI=1S/C8H13.C8H12.C3H6.Co/c2*1-2-4-6-8-7-5-3-1;1-3-2;/h1H,2,4-8H2;1-4H,5-8H2;3H,1H2,2H3;/q-1;;;. The van der Waals surface area contributed by atoms with Crippen LogP contribution in [0.1, 0.15) is 71.1 Å². The van der Waals surface area contributed by atoms with Gasteiger partial charge in [-0.15, -0.1) is 6.58 Å². The minimum absolute atomic E-state index is 0. The Balaban J connectivity index is 0. The largest absolute Gasteiger partial charge is 0.501 e. The molecule has 0 aromatic heterocycles. The van der Waals surface area contributed by atoms with Gasteiger partial charge in [0, 0.05) is 16.8 Å². The first kappa shape index (κ1) is 21.8. The first-order valence-corrected chi connectivity index (χ1v) is 7.85. The number of hydrogen-bond donors (Lipinski definition) is 0. The van der Waals surface area contributed by atoms with Crippen LogP contribution in [-0.2, 0) is 16.8 Å². The molecule has 0 bridgehead atoms. The first-order valence-electron chi connectivity index (χ1n) is 7.85. The summed E-state index contributed by atoms with van der Waals surface area (Å²) in [7, 11) is 0. The number of hydrogen-bond acceptors (Lipinski definition) is 0. The van der Waals surface area contributed by atoms with Crippen molar-refractivity contribution < 1.29 is 16.8 Å². The molecule has 0 nitrogen and oxygen atoms in total. The van der Waals surface area contributed by atoms with Crippen LogP contribution in [-0.4, -0.2) is 0 Å². The van der Waals surface area contributed by atoms with E-state index >= 15 is 0 Å². The Morgan fingerprint density at radius 2 is 1.35 bits per heavy atom. The Labute approximate surface area is 137 Å². The van der Waals surface area contributed by atoms with Gasteiger partial charge in [-0.3, -0.25) is 6.08 Å². The summed E-state index contributed by atoms with van der Waals surface area (Å²) >= 11 is 0. The SMILES string of the molecule is C1=CCCCCC=C1.C=CC.[C-]1=CCCCCCC1.[Co]. The molecule has 0 atom stereocenters. The van der Waals surface area contributed by atoms with E-state index in [1.807, 2.05) is 6.92 Å². The van der Waals surface area contributed by atoms with Crippen LogP contribution in [0.2, 0.25) is 0 Å². The van der Waals surface area contributed by atoms with E-state index in [0.29, 0.717) is 0 Å². The molecule has 2 aliphatic carbocycles. The second-order valence-corrected chi connectivity index (χ2v) is 4.91. The molecule has 117 valence electrons. The smallest absolute Gasteiger partial charge is 0 e. The Morgan fingerprint density at radius 3 is 1.95 bits per heavy atom. The van der Waals surface area contributed by atoms with Gasteiger partial charge in [0.15, 0.2) is 0 Å². The van der Waals surface area contributed by atoms with Crippen molar-refractivity contribution in [2.24, 2.45) is 0 Å². The molecule has 0 heterocycles. The van der Waals surface area contributed by atoms with Crippen molar-refractivity contribution in [2.45, 2.75) is 71.1 Å². The van der Waals surface area contributed by atoms with Gasteiger partial charge in [0.25, 0.3) is 0 Å². The summed E-state index contributed by atoms with van der Waals surface area (Å²) < 4.78 is 0. The molecule has 20 heavy (non-hydrogen) atoms. The van der Waals surface area contributed by atoms with Gasteiger partial charge in [0.2, 0.25) is 0 Å². The molecular formula is C19H31Co-. The molecule has 0 amide bonds. The fraction of sp³-hybridized carbons (Fsp3) is 0.579. The number of allylic oxidation sites excluding steroid dienone is 7. The predicted octanol–water partition coefficient (Wildman–Crippen LogP) is 6.56. The molecule has 1 heteroatoms. The molecule has 0 unspecified atom stereocenters. The van der Waals surface area contributed by atoms with Crippen molar-refractivity contribution in [1.82, 2.24) is 0 Å². The molecule has 0 aromatic rings. The number of rotatable bonds is 0. The summed E-state index contributed by atoms with van der Waals surface area (Å²) in [5.74, 6) is 0. The minimum Gasteiger partial charge on any atom is -0.501 e. The maximum atomic E-state index is 3.36. The van der Waals surface area contributed by atoms with E-state index < -0.39 is 0 Å². The van der Waals surface area contributed by atoms with Gasteiger partial charge in [0.05, 0.1) is 0 Å². The molecule has 0 spiro atoms. The minimum atomic E-state index is 0. The average molecular weight is 318 g/mol. The quantitative estimate of drug-likeness (QED) is 0.350. The molecule has 0 fully saturated rings. The van der Waals surface area contributed by atoms with E-state index in [1.54, 1.807) is 6.08 Å². The van der Waals surface area contributed by atoms with Crippen molar-refractivity contribution in [3.8, 4) is 0 Å². The first-order chi connectivity index (χ1) is 9.41. The summed E-state index contributed by atoms with van der Waals surface area (Å²) in [6.07, 6.45) is 29.2. The summed E-state index contributed by atoms with van der Waals surface area (Å²) in [5.41, 5.74) is 0. The second-order valence-electron chi connectivity index (χ2n) is 4.91. The fourth-order valence-corrected chi connectivity index (χ4v) is 1.91. The molecular weight excluding hydrogens is 287 g/mol. The van der Waals surface area contributed by atoms with Crippen LogP contribution in [0.15, 0.2) is 43.0 Å². The maximum Gasteiger partial charge on any atom is 0 e. The monoisotopic (exact) mass is 318 g/mol. The zero-order chi connectivity index (χ0) is 14.0. The van der Waals surface area contributed by atoms with Gasteiger partial charge >= 0.3 is 0 Å². The van der Waals surface area contributed by atoms with Gasteiger partial charge in [-0.05, 0) is 32.6 Å². The molecule has 0 saturated heterocycles. The molecule has 0 aliphatic heterocycles.